The van der Waals surface area contributed by atoms with E-state index in [9.17, 15) is 26.3 Å². The van der Waals surface area contributed by atoms with Crippen molar-refractivity contribution < 1.29 is 46.1 Å². The van der Waals surface area contributed by atoms with Gasteiger partial charge in [-0.25, -0.2) is 9.59 Å². The standard InChI is InChI=1S/C18H26N4S.2C2HF3O2/c1-20-11-16(10-19-20)12-21-7-3-5-18(14-21)6-8-22(15-18)13-17-4-2-9-23-17;2*3-2(4,5)1(6)7/h2,4,9-11H,3,5-8,12-15H2,1H3;2*(H,6,7). The summed E-state index contributed by atoms with van der Waals surface area (Å²) in [6.45, 7) is 7.22. The molecule has 2 aromatic heterocycles. The molecule has 2 saturated heterocycles. The molecular weight excluding hydrogens is 530 g/mol. The molecule has 2 N–H and O–H groups in total. The lowest BCUT2D eigenvalue weighted by Gasteiger charge is -2.40. The van der Waals surface area contributed by atoms with Gasteiger partial charge in [0.2, 0.25) is 0 Å². The van der Waals surface area contributed by atoms with Crippen molar-refractivity contribution in [1.29, 1.82) is 0 Å². The van der Waals surface area contributed by atoms with Gasteiger partial charge in [-0.15, -0.1) is 11.3 Å². The number of aromatic nitrogens is 2. The Labute approximate surface area is 213 Å². The first-order valence-electron chi connectivity index (χ1n) is 11.1. The number of hydrogen-bond acceptors (Lipinski definition) is 6. The molecule has 1 atom stereocenters. The molecule has 2 fully saturated rings. The third-order valence-electron chi connectivity index (χ3n) is 5.87. The molecule has 208 valence electrons. The average molecular weight is 559 g/mol. The van der Waals surface area contributed by atoms with Gasteiger partial charge in [-0.1, -0.05) is 6.07 Å². The molecule has 0 amide bonds. The highest BCUT2D eigenvalue weighted by molar-refractivity contribution is 7.09. The molecule has 0 radical (unpaired) electrons. The second kappa shape index (κ2) is 12.7. The van der Waals surface area contributed by atoms with Gasteiger partial charge in [0.05, 0.1) is 6.20 Å². The van der Waals surface area contributed by atoms with Gasteiger partial charge in [0.25, 0.3) is 0 Å². The lowest BCUT2D eigenvalue weighted by molar-refractivity contribution is -0.193. The Kier molecular flexibility index (Phi) is 10.5. The lowest BCUT2D eigenvalue weighted by Crippen LogP contribution is -2.44. The zero-order chi connectivity index (χ0) is 27.9. The minimum absolute atomic E-state index is 0.526. The van der Waals surface area contributed by atoms with Crippen LogP contribution in [0.5, 0.6) is 0 Å². The van der Waals surface area contributed by atoms with Crippen LogP contribution in [0.2, 0.25) is 0 Å². The van der Waals surface area contributed by atoms with E-state index in [2.05, 4.69) is 38.6 Å². The van der Waals surface area contributed by atoms with Crippen molar-refractivity contribution in [2.24, 2.45) is 12.5 Å². The zero-order valence-electron chi connectivity index (χ0n) is 19.9. The maximum Gasteiger partial charge on any atom is 0.490 e. The van der Waals surface area contributed by atoms with E-state index in [1.165, 1.54) is 55.9 Å². The molecule has 8 nitrogen and oxygen atoms in total. The number of nitrogens with zero attached hydrogens (tertiary/aromatic N) is 4. The molecule has 1 spiro atoms. The number of carboxylic acids is 2. The quantitative estimate of drug-likeness (QED) is 0.542. The number of thiophene rings is 1. The molecule has 2 aliphatic rings. The second-order valence-electron chi connectivity index (χ2n) is 8.98. The van der Waals surface area contributed by atoms with Gasteiger partial charge in [-0.2, -0.15) is 31.4 Å². The zero-order valence-corrected chi connectivity index (χ0v) is 20.7. The molecule has 4 heterocycles. The minimum atomic E-state index is -5.08. The highest BCUT2D eigenvalue weighted by atomic mass is 32.1. The monoisotopic (exact) mass is 558 g/mol. The summed E-state index contributed by atoms with van der Waals surface area (Å²) in [7, 11) is 2.00. The molecule has 0 aliphatic carbocycles. The van der Waals surface area contributed by atoms with Crippen LogP contribution >= 0.6 is 11.3 Å². The first kappa shape index (κ1) is 30.6. The minimum Gasteiger partial charge on any atom is -0.475 e. The number of alkyl halides is 6. The SMILES string of the molecule is Cn1cc(CN2CCCC3(CCN(Cc4cccs4)C3)C2)cn1.O=C(O)C(F)(F)F.O=C(O)C(F)(F)F. The average Bonchev–Trinajstić information content (AvgIpc) is 3.51. The first-order valence-corrected chi connectivity index (χ1v) is 12.0. The Morgan fingerprint density at radius 1 is 1.00 bits per heavy atom. The molecule has 15 heteroatoms. The van der Waals surface area contributed by atoms with E-state index in [0.29, 0.717) is 5.41 Å². The van der Waals surface area contributed by atoms with Crippen LogP contribution in [0.3, 0.4) is 0 Å². The summed E-state index contributed by atoms with van der Waals surface area (Å²) in [5.74, 6) is -5.51. The molecule has 37 heavy (non-hydrogen) atoms. The number of carboxylic acid groups (broad SMARTS) is 2. The maximum atomic E-state index is 10.6. The molecule has 2 aliphatic heterocycles. The third kappa shape index (κ3) is 10.3. The van der Waals surface area contributed by atoms with Gasteiger partial charge in [0.1, 0.15) is 0 Å². The Bertz CT molecular complexity index is 988. The molecule has 4 rings (SSSR count). The largest absolute Gasteiger partial charge is 0.490 e. The Morgan fingerprint density at radius 3 is 2.03 bits per heavy atom. The Morgan fingerprint density at radius 2 is 1.57 bits per heavy atom. The number of halogens is 6. The smallest absolute Gasteiger partial charge is 0.475 e. The van der Waals surface area contributed by atoms with E-state index in [1.54, 1.807) is 0 Å². The van der Waals surface area contributed by atoms with E-state index >= 15 is 0 Å². The number of aliphatic carboxylic acids is 2. The molecule has 0 bridgehead atoms. The summed E-state index contributed by atoms with van der Waals surface area (Å²) in [6.07, 6.45) is -1.90. The number of likely N-dealkylation sites (tertiary alicyclic amines) is 2. The Hall–Kier alpha value is -2.65. The summed E-state index contributed by atoms with van der Waals surface area (Å²) < 4.78 is 65.4. The third-order valence-corrected chi connectivity index (χ3v) is 6.73. The van der Waals surface area contributed by atoms with Crippen molar-refractivity contribution in [1.82, 2.24) is 19.6 Å². The molecule has 0 saturated carbocycles. The second-order valence-corrected chi connectivity index (χ2v) is 10.0. The number of aryl methyl sites for hydroxylation is 1. The van der Waals surface area contributed by atoms with Gasteiger partial charge < -0.3 is 10.2 Å². The van der Waals surface area contributed by atoms with Crippen LogP contribution in [0.15, 0.2) is 29.9 Å². The highest BCUT2D eigenvalue weighted by Gasteiger charge is 2.41. The van der Waals surface area contributed by atoms with E-state index in [1.807, 2.05) is 29.3 Å². The van der Waals surface area contributed by atoms with Gasteiger partial charge >= 0.3 is 24.3 Å². The van der Waals surface area contributed by atoms with E-state index in [0.717, 1.165) is 13.1 Å². The van der Waals surface area contributed by atoms with E-state index in [-0.39, 0.29) is 0 Å². The summed E-state index contributed by atoms with van der Waals surface area (Å²) in [5, 5.41) is 20.7. The van der Waals surface area contributed by atoms with Gasteiger partial charge in [0.15, 0.2) is 0 Å². The predicted octanol–water partition coefficient (Wildman–Crippen LogP) is 4.24. The Balaban J connectivity index is 0.000000286. The summed E-state index contributed by atoms with van der Waals surface area (Å²) in [6, 6.07) is 4.44. The summed E-state index contributed by atoms with van der Waals surface area (Å²) >= 11 is 1.89. The number of hydrogen-bond donors (Lipinski definition) is 2. The molecular formula is C22H28F6N4O4S. The van der Waals surface area contributed by atoms with Crippen molar-refractivity contribution in [3.63, 3.8) is 0 Å². The topological polar surface area (TPSA) is 98.9 Å². The van der Waals surface area contributed by atoms with Crippen LogP contribution in [-0.2, 0) is 29.7 Å². The van der Waals surface area contributed by atoms with E-state index in [4.69, 9.17) is 19.8 Å². The fourth-order valence-corrected chi connectivity index (χ4v) is 5.12. The fraction of sp³-hybridized carbons (Fsp3) is 0.591. The normalized spacial score (nSPS) is 20.6. The fourth-order valence-electron chi connectivity index (χ4n) is 4.38. The van der Waals surface area contributed by atoms with Gasteiger partial charge in [-0.05, 0) is 49.2 Å². The molecule has 2 aromatic rings. The van der Waals surface area contributed by atoms with Crippen molar-refractivity contribution in [3.05, 3.63) is 40.3 Å². The summed E-state index contributed by atoms with van der Waals surface area (Å²) in [5.41, 5.74) is 1.87. The van der Waals surface area contributed by atoms with Crippen molar-refractivity contribution >= 4 is 23.3 Å². The van der Waals surface area contributed by atoms with Crippen LogP contribution in [0.4, 0.5) is 26.3 Å². The molecule has 0 aromatic carbocycles. The summed E-state index contributed by atoms with van der Waals surface area (Å²) in [4.78, 5) is 24.6. The number of rotatable bonds is 4. The lowest BCUT2D eigenvalue weighted by atomic mass is 9.79. The van der Waals surface area contributed by atoms with Crippen LogP contribution in [0, 0.1) is 5.41 Å². The maximum absolute atomic E-state index is 10.6. The van der Waals surface area contributed by atoms with Gasteiger partial charge in [0, 0.05) is 49.9 Å². The van der Waals surface area contributed by atoms with E-state index < -0.39 is 24.3 Å². The van der Waals surface area contributed by atoms with Crippen molar-refractivity contribution in [3.8, 4) is 0 Å². The van der Waals surface area contributed by atoms with Crippen LogP contribution in [-0.4, -0.2) is 80.3 Å². The highest BCUT2D eigenvalue weighted by Crippen LogP contribution is 2.40. The number of carbonyl (C=O) groups is 2. The van der Waals surface area contributed by atoms with Gasteiger partial charge in [-0.3, -0.25) is 14.5 Å². The van der Waals surface area contributed by atoms with Crippen LogP contribution < -0.4 is 0 Å². The van der Waals surface area contributed by atoms with Crippen molar-refractivity contribution in [2.75, 3.05) is 26.2 Å². The first-order chi connectivity index (χ1) is 17.1. The molecule has 1 unspecified atom stereocenters. The van der Waals surface area contributed by atoms with Crippen LogP contribution in [0.25, 0.3) is 0 Å². The van der Waals surface area contributed by atoms with Crippen LogP contribution in [0.1, 0.15) is 29.7 Å². The predicted molar refractivity (Wildman–Crippen MR) is 122 cm³/mol. The number of piperidine rings is 1. The van der Waals surface area contributed by atoms with Crippen molar-refractivity contribution in [2.45, 2.75) is 44.7 Å².